The number of carbonyl (C=O) groups excluding carboxylic acids is 2. The van der Waals surface area contributed by atoms with E-state index in [9.17, 15) is 9.59 Å². The fourth-order valence-electron chi connectivity index (χ4n) is 5.16. The molecule has 1 atom stereocenters. The molecule has 2 fully saturated rings. The highest BCUT2D eigenvalue weighted by molar-refractivity contribution is 6.30. The smallest absolute Gasteiger partial charge is 0.237 e. The van der Waals surface area contributed by atoms with Crippen molar-refractivity contribution in [3.05, 3.63) is 58.6 Å². The van der Waals surface area contributed by atoms with Crippen LogP contribution in [0, 0.1) is 5.92 Å². The van der Waals surface area contributed by atoms with Gasteiger partial charge in [0, 0.05) is 23.0 Å². The Balaban J connectivity index is 1.17. The van der Waals surface area contributed by atoms with E-state index in [1.165, 1.54) is 0 Å². The predicted octanol–water partition coefficient (Wildman–Crippen LogP) is 4.37. The number of fused-ring (bicyclic) bond motifs is 1. The first kappa shape index (κ1) is 22.2. The van der Waals surface area contributed by atoms with Crippen LogP contribution in [0.4, 0.5) is 0 Å². The van der Waals surface area contributed by atoms with Gasteiger partial charge < -0.3 is 14.4 Å². The quantitative estimate of drug-likeness (QED) is 0.610. The third-order valence-corrected chi connectivity index (χ3v) is 7.22. The lowest BCUT2D eigenvalue weighted by atomic mass is 9.89. The Morgan fingerprint density at radius 3 is 2.39 bits per heavy atom. The SMILES string of the molecule is O=C(c1ccc(Cl)cc1)C1CCN(CC(=O)N2CCCC2c2ccc3c(c2)OCCO3)CC1. The van der Waals surface area contributed by atoms with Gasteiger partial charge in [-0.1, -0.05) is 17.7 Å². The van der Waals surface area contributed by atoms with Crippen LogP contribution in [0.3, 0.4) is 0 Å². The van der Waals surface area contributed by atoms with Crippen LogP contribution >= 0.6 is 11.6 Å². The maximum Gasteiger partial charge on any atom is 0.237 e. The van der Waals surface area contributed by atoms with Gasteiger partial charge in [0.2, 0.25) is 5.91 Å². The molecule has 5 rings (SSSR count). The molecule has 1 amide bonds. The lowest BCUT2D eigenvalue weighted by Crippen LogP contribution is -2.44. The van der Waals surface area contributed by atoms with Gasteiger partial charge in [-0.25, -0.2) is 0 Å². The average Bonchev–Trinajstić information content (AvgIpc) is 3.34. The van der Waals surface area contributed by atoms with Crippen molar-refractivity contribution in [3.63, 3.8) is 0 Å². The first-order chi connectivity index (χ1) is 16.1. The number of carbonyl (C=O) groups is 2. The number of benzene rings is 2. The number of rotatable bonds is 5. The molecule has 1 unspecified atom stereocenters. The molecule has 7 heteroatoms. The maximum absolute atomic E-state index is 13.2. The molecule has 174 valence electrons. The summed E-state index contributed by atoms with van der Waals surface area (Å²) in [6.45, 7) is 3.84. The second-order valence-electron chi connectivity index (χ2n) is 9.07. The number of Topliss-reactive ketones (excluding diaryl/α,β-unsaturated/α-hetero) is 1. The molecule has 0 N–H and O–H groups in total. The van der Waals surface area contributed by atoms with Crippen molar-refractivity contribution in [2.24, 2.45) is 5.92 Å². The van der Waals surface area contributed by atoms with Gasteiger partial charge in [-0.3, -0.25) is 14.5 Å². The molecule has 0 aliphatic carbocycles. The van der Waals surface area contributed by atoms with E-state index in [1.54, 1.807) is 24.3 Å². The van der Waals surface area contributed by atoms with Crippen LogP contribution in [-0.2, 0) is 4.79 Å². The molecule has 3 aliphatic rings. The molecular formula is C26H29ClN2O4. The van der Waals surface area contributed by atoms with Crippen LogP contribution in [-0.4, -0.2) is 60.9 Å². The highest BCUT2D eigenvalue weighted by Crippen LogP contribution is 2.38. The monoisotopic (exact) mass is 468 g/mol. The van der Waals surface area contributed by atoms with Gasteiger partial charge in [0.25, 0.3) is 0 Å². The Kier molecular flexibility index (Phi) is 6.56. The van der Waals surface area contributed by atoms with Gasteiger partial charge in [-0.05, 0) is 80.7 Å². The molecule has 0 aromatic heterocycles. The number of piperidine rings is 1. The van der Waals surface area contributed by atoms with Crippen LogP contribution < -0.4 is 9.47 Å². The van der Waals surface area contributed by atoms with Crippen LogP contribution in [0.1, 0.15) is 47.6 Å². The van der Waals surface area contributed by atoms with Crippen molar-refractivity contribution in [1.29, 1.82) is 0 Å². The summed E-state index contributed by atoms with van der Waals surface area (Å²) in [5.74, 6) is 1.89. The van der Waals surface area contributed by atoms with Gasteiger partial charge in [-0.15, -0.1) is 0 Å². The van der Waals surface area contributed by atoms with E-state index in [-0.39, 0.29) is 23.7 Å². The first-order valence-electron chi connectivity index (χ1n) is 11.8. The highest BCUT2D eigenvalue weighted by Gasteiger charge is 2.33. The van der Waals surface area contributed by atoms with Crippen LogP contribution in [0.25, 0.3) is 0 Å². The standard InChI is InChI=1S/C26H29ClN2O4/c27-21-6-3-18(4-7-21)26(31)19-9-12-28(13-10-19)17-25(30)29-11-1-2-22(29)20-5-8-23-24(16-20)33-15-14-32-23/h3-8,16,19,22H,1-2,9-15,17H2. The van der Waals surface area contributed by atoms with Crippen molar-refractivity contribution in [2.75, 3.05) is 39.4 Å². The third kappa shape index (κ3) is 4.87. The van der Waals surface area contributed by atoms with E-state index < -0.39 is 0 Å². The van der Waals surface area contributed by atoms with Crippen molar-refractivity contribution < 1.29 is 19.1 Å². The summed E-state index contributed by atoms with van der Waals surface area (Å²) in [5, 5.41) is 0.636. The predicted molar refractivity (Wildman–Crippen MR) is 126 cm³/mol. The summed E-state index contributed by atoms with van der Waals surface area (Å²) in [4.78, 5) is 30.2. The Morgan fingerprint density at radius 2 is 1.64 bits per heavy atom. The molecule has 2 saturated heterocycles. The second-order valence-corrected chi connectivity index (χ2v) is 9.51. The lowest BCUT2D eigenvalue weighted by molar-refractivity contribution is -0.133. The minimum atomic E-state index is 0.00905. The van der Waals surface area contributed by atoms with Crippen LogP contribution in [0.2, 0.25) is 5.02 Å². The summed E-state index contributed by atoms with van der Waals surface area (Å²) in [7, 11) is 0. The Bertz CT molecular complexity index is 1020. The number of hydrogen-bond donors (Lipinski definition) is 0. The summed E-state index contributed by atoms with van der Waals surface area (Å²) in [5.41, 5.74) is 1.82. The van der Waals surface area contributed by atoms with E-state index in [0.717, 1.165) is 62.4 Å². The number of ketones is 1. The molecule has 3 heterocycles. The highest BCUT2D eigenvalue weighted by atomic mass is 35.5. The Morgan fingerprint density at radius 1 is 0.909 bits per heavy atom. The topological polar surface area (TPSA) is 59.1 Å². The summed E-state index contributed by atoms with van der Waals surface area (Å²) in [6.07, 6.45) is 3.52. The summed E-state index contributed by atoms with van der Waals surface area (Å²) < 4.78 is 11.4. The van der Waals surface area contributed by atoms with Crippen LogP contribution in [0.5, 0.6) is 11.5 Å². The molecule has 0 saturated carbocycles. The molecule has 6 nitrogen and oxygen atoms in total. The number of nitrogens with zero attached hydrogens (tertiary/aromatic N) is 2. The number of amides is 1. The van der Waals surface area contributed by atoms with Gasteiger partial charge in [0.15, 0.2) is 17.3 Å². The summed E-state index contributed by atoms with van der Waals surface area (Å²) in [6, 6.07) is 13.2. The van der Waals surface area contributed by atoms with E-state index >= 15 is 0 Å². The average molecular weight is 469 g/mol. The molecule has 2 aromatic rings. The summed E-state index contributed by atoms with van der Waals surface area (Å²) >= 11 is 5.94. The second kappa shape index (κ2) is 9.74. The zero-order valence-electron chi connectivity index (χ0n) is 18.7. The molecule has 3 aliphatic heterocycles. The number of halogens is 1. The number of likely N-dealkylation sites (tertiary alicyclic amines) is 2. The van der Waals surface area contributed by atoms with Crippen LogP contribution in [0.15, 0.2) is 42.5 Å². The van der Waals surface area contributed by atoms with Crippen molar-refractivity contribution in [3.8, 4) is 11.5 Å². The Labute approximate surface area is 199 Å². The maximum atomic E-state index is 13.2. The largest absolute Gasteiger partial charge is 0.486 e. The van der Waals surface area contributed by atoms with Crippen molar-refractivity contribution in [1.82, 2.24) is 9.80 Å². The minimum absolute atomic E-state index is 0.00905. The van der Waals surface area contributed by atoms with Crippen molar-refractivity contribution >= 4 is 23.3 Å². The van der Waals surface area contributed by atoms with Gasteiger partial charge in [-0.2, -0.15) is 0 Å². The van der Waals surface area contributed by atoms with E-state index in [1.807, 2.05) is 17.0 Å². The minimum Gasteiger partial charge on any atom is -0.486 e. The molecule has 33 heavy (non-hydrogen) atoms. The van der Waals surface area contributed by atoms with E-state index in [4.69, 9.17) is 21.1 Å². The van der Waals surface area contributed by atoms with Gasteiger partial charge in [0.05, 0.1) is 12.6 Å². The molecule has 0 bridgehead atoms. The number of hydrogen-bond acceptors (Lipinski definition) is 5. The zero-order valence-corrected chi connectivity index (χ0v) is 19.4. The molecule has 2 aromatic carbocycles. The first-order valence-corrected chi connectivity index (χ1v) is 12.2. The fourth-order valence-corrected chi connectivity index (χ4v) is 5.29. The lowest BCUT2D eigenvalue weighted by Gasteiger charge is -2.33. The van der Waals surface area contributed by atoms with Gasteiger partial charge >= 0.3 is 0 Å². The van der Waals surface area contributed by atoms with Crippen molar-refractivity contribution in [2.45, 2.75) is 31.7 Å². The van der Waals surface area contributed by atoms with Gasteiger partial charge in [0.1, 0.15) is 13.2 Å². The number of ether oxygens (including phenoxy) is 2. The van der Waals surface area contributed by atoms with E-state index in [0.29, 0.717) is 30.3 Å². The fraction of sp³-hybridized carbons (Fsp3) is 0.462. The third-order valence-electron chi connectivity index (χ3n) is 6.97. The molecule has 0 spiro atoms. The Hall–Kier alpha value is -2.57. The molecular weight excluding hydrogens is 440 g/mol. The normalized spacial score (nSPS) is 21.2. The van der Waals surface area contributed by atoms with E-state index in [2.05, 4.69) is 11.0 Å². The molecule has 0 radical (unpaired) electrons. The zero-order chi connectivity index (χ0) is 22.8.